The predicted octanol–water partition coefficient (Wildman–Crippen LogP) is 3.50. The summed E-state index contributed by atoms with van der Waals surface area (Å²) in [5, 5.41) is 3.44. The van der Waals surface area contributed by atoms with Gasteiger partial charge in [0.2, 0.25) is 0 Å². The van der Waals surface area contributed by atoms with E-state index in [4.69, 9.17) is 23.2 Å². The van der Waals surface area contributed by atoms with Gasteiger partial charge in [-0.05, 0) is 6.07 Å². The van der Waals surface area contributed by atoms with Crippen LogP contribution < -0.4 is 10.3 Å². The standard InChI is InChI=1S/C12H7Cl2F3N2O2/c13-8-5-18-19(11(20)10(8)14)6-7-3-1-2-4-9(7)21-12(15,16)17/h1-5H,6H2. The molecule has 0 aliphatic rings. The molecule has 0 N–H and O–H groups in total. The molecule has 1 aromatic carbocycles. The maximum Gasteiger partial charge on any atom is 0.573 e. The Bertz CT molecular complexity index is 716. The van der Waals surface area contributed by atoms with Gasteiger partial charge in [0.05, 0.1) is 17.8 Å². The van der Waals surface area contributed by atoms with Gasteiger partial charge < -0.3 is 4.74 Å². The summed E-state index contributed by atoms with van der Waals surface area (Å²) in [6.07, 6.45) is -3.69. The largest absolute Gasteiger partial charge is 0.573 e. The Labute approximate surface area is 126 Å². The maximum absolute atomic E-state index is 12.3. The minimum absolute atomic E-state index is 0.0299. The quantitative estimate of drug-likeness (QED) is 0.860. The minimum Gasteiger partial charge on any atom is -0.405 e. The molecule has 0 saturated heterocycles. The first-order chi connectivity index (χ1) is 9.78. The van der Waals surface area contributed by atoms with Gasteiger partial charge in [-0.1, -0.05) is 41.4 Å². The van der Waals surface area contributed by atoms with Gasteiger partial charge >= 0.3 is 6.36 Å². The summed E-state index contributed by atoms with van der Waals surface area (Å²) in [5.74, 6) is -0.412. The van der Waals surface area contributed by atoms with Crippen molar-refractivity contribution in [2.45, 2.75) is 12.9 Å². The van der Waals surface area contributed by atoms with Crippen molar-refractivity contribution in [1.29, 1.82) is 0 Å². The van der Waals surface area contributed by atoms with Gasteiger partial charge in [0.1, 0.15) is 10.8 Å². The molecule has 1 heterocycles. The number of nitrogens with zero attached hydrogens (tertiary/aromatic N) is 2. The molecule has 0 atom stereocenters. The number of benzene rings is 1. The zero-order chi connectivity index (χ0) is 15.6. The van der Waals surface area contributed by atoms with E-state index in [-0.39, 0.29) is 22.2 Å². The number of hydrogen-bond donors (Lipinski definition) is 0. The van der Waals surface area contributed by atoms with E-state index in [1.54, 1.807) is 0 Å². The topological polar surface area (TPSA) is 44.1 Å². The SMILES string of the molecule is O=c1c(Cl)c(Cl)cnn1Cc1ccccc1OC(F)(F)F. The summed E-state index contributed by atoms with van der Waals surface area (Å²) in [4.78, 5) is 11.8. The molecule has 0 unspecified atom stereocenters. The van der Waals surface area contributed by atoms with Gasteiger partial charge in [-0.25, -0.2) is 4.68 Å². The number of rotatable bonds is 3. The molecule has 0 spiro atoms. The third kappa shape index (κ3) is 3.89. The highest BCUT2D eigenvalue weighted by molar-refractivity contribution is 6.41. The van der Waals surface area contributed by atoms with E-state index in [1.807, 2.05) is 0 Å². The third-order valence-electron chi connectivity index (χ3n) is 2.46. The third-order valence-corrected chi connectivity index (χ3v) is 3.21. The van der Waals surface area contributed by atoms with Crippen molar-refractivity contribution in [3.8, 4) is 5.75 Å². The van der Waals surface area contributed by atoms with E-state index in [1.165, 1.54) is 18.2 Å². The average Bonchev–Trinajstić information content (AvgIpc) is 2.40. The molecular weight excluding hydrogens is 332 g/mol. The summed E-state index contributed by atoms with van der Waals surface area (Å²) in [6.45, 7) is -0.234. The van der Waals surface area contributed by atoms with Gasteiger partial charge in [0.25, 0.3) is 5.56 Å². The molecular formula is C12H7Cl2F3N2O2. The first-order valence-corrected chi connectivity index (χ1v) is 6.28. The van der Waals surface area contributed by atoms with Crippen molar-refractivity contribution in [1.82, 2.24) is 9.78 Å². The fourth-order valence-electron chi connectivity index (χ4n) is 1.58. The Balaban J connectivity index is 2.37. The number of alkyl halides is 3. The van der Waals surface area contributed by atoms with Gasteiger partial charge in [-0.3, -0.25) is 4.79 Å². The highest BCUT2D eigenvalue weighted by Gasteiger charge is 2.32. The number of hydrogen-bond acceptors (Lipinski definition) is 3. The lowest BCUT2D eigenvalue weighted by atomic mass is 10.2. The molecule has 0 saturated carbocycles. The second-order valence-electron chi connectivity index (χ2n) is 3.92. The molecule has 0 amide bonds. The van der Waals surface area contributed by atoms with Crippen LogP contribution in [0.25, 0.3) is 0 Å². The van der Waals surface area contributed by atoms with E-state index in [2.05, 4.69) is 9.84 Å². The van der Waals surface area contributed by atoms with Crippen LogP contribution >= 0.6 is 23.2 Å². The first kappa shape index (κ1) is 15.7. The summed E-state index contributed by atoms with van der Waals surface area (Å²) in [5.41, 5.74) is -0.575. The zero-order valence-electron chi connectivity index (χ0n) is 10.2. The van der Waals surface area contributed by atoms with Crippen molar-refractivity contribution < 1.29 is 17.9 Å². The van der Waals surface area contributed by atoms with Crippen LogP contribution in [0.5, 0.6) is 5.75 Å². The van der Waals surface area contributed by atoms with Crippen LogP contribution in [0.2, 0.25) is 10.0 Å². The van der Waals surface area contributed by atoms with E-state index in [0.717, 1.165) is 16.9 Å². The van der Waals surface area contributed by atoms with Gasteiger partial charge in [-0.15, -0.1) is 13.2 Å². The Morgan fingerprint density at radius 1 is 1.24 bits per heavy atom. The van der Waals surface area contributed by atoms with Crippen LogP contribution in [-0.2, 0) is 6.54 Å². The van der Waals surface area contributed by atoms with Crippen LogP contribution in [0.1, 0.15) is 5.56 Å². The van der Waals surface area contributed by atoms with Crippen LogP contribution in [0.15, 0.2) is 35.3 Å². The molecule has 21 heavy (non-hydrogen) atoms. The fourth-order valence-corrected chi connectivity index (χ4v) is 1.85. The Hall–Kier alpha value is -1.73. The number of halogens is 5. The van der Waals surface area contributed by atoms with Crippen LogP contribution in [0, 0.1) is 0 Å². The molecule has 0 radical (unpaired) electrons. The number of aromatic nitrogens is 2. The summed E-state index contributed by atoms with van der Waals surface area (Å²) < 4.78 is 41.7. The van der Waals surface area contributed by atoms with E-state index in [9.17, 15) is 18.0 Å². The Morgan fingerprint density at radius 2 is 1.90 bits per heavy atom. The van der Waals surface area contributed by atoms with Crippen molar-refractivity contribution in [3.05, 3.63) is 56.4 Å². The molecule has 2 aromatic rings. The number of para-hydroxylation sites is 1. The van der Waals surface area contributed by atoms with Crippen molar-refractivity contribution in [2.75, 3.05) is 0 Å². The van der Waals surface area contributed by atoms with Crippen molar-refractivity contribution in [3.63, 3.8) is 0 Å². The van der Waals surface area contributed by atoms with Crippen molar-refractivity contribution in [2.24, 2.45) is 0 Å². The smallest absolute Gasteiger partial charge is 0.405 e. The first-order valence-electron chi connectivity index (χ1n) is 5.52. The van der Waals surface area contributed by atoms with Gasteiger partial charge in [0.15, 0.2) is 0 Å². The van der Waals surface area contributed by atoms with Gasteiger partial charge in [0, 0.05) is 5.56 Å². The lowest BCUT2D eigenvalue weighted by Crippen LogP contribution is -2.25. The minimum atomic E-state index is -4.83. The lowest BCUT2D eigenvalue weighted by Gasteiger charge is -2.13. The normalized spacial score (nSPS) is 11.5. The van der Waals surface area contributed by atoms with Crippen LogP contribution in [0.3, 0.4) is 0 Å². The molecule has 9 heteroatoms. The second kappa shape index (κ2) is 5.95. The highest BCUT2D eigenvalue weighted by Crippen LogP contribution is 2.26. The molecule has 2 rings (SSSR count). The average molecular weight is 339 g/mol. The van der Waals surface area contributed by atoms with Crippen molar-refractivity contribution >= 4 is 23.2 Å². The summed E-state index contributed by atoms with van der Waals surface area (Å²) in [6, 6.07) is 5.43. The molecule has 4 nitrogen and oxygen atoms in total. The summed E-state index contributed by atoms with van der Waals surface area (Å²) >= 11 is 11.3. The molecule has 0 aliphatic carbocycles. The predicted molar refractivity (Wildman–Crippen MR) is 70.7 cm³/mol. The van der Waals surface area contributed by atoms with E-state index >= 15 is 0 Å². The molecule has 1 aromatic heterocycles. The monoisotopic (exact) mass is 338 g/mol. The molecule has 0 fully saturated rings. The lowest BCUT2D eigenvalue weighted by molar-refractivity contribution is -0.274. The number of ether oxygens (including phenoxy) is 1. The zero-order valence-corrected chi connectivity index (χ0v) is 11.7. The fraction of sp³-hybridized carbons (Fsp3) is 0.167. The van der Waals surface area contributed by atoms with Gasteiger partial charge in [-0.2, -0.15) is 5.10 Å². The summed E-state index contributed by atoms with van der Waals surface area (Å²) in [7, 11) is 0. The molecule has 112 valence electrons. The van der Waals surface area contributed by atoms with E-state index in [0.29, 0.717) is 0 Å². The maximum atomic E-state index is 12.3. The van der Waals surface area contributed by atoms with Crippen LogP contribution in [-0.4, -0.2) is 16.1 Å². The Morgan fingerprint density at radius 3 is 2.57 bits per heavy atom. The van der Waals surface area contributed by atoms with E-state index < -0.39 is 17.7 Å². The Kier molecular flexibility index (Phi) is 4.43. The molecule has 0 bridgehead atoms. The highest BCUT2D eigenvalue weighted by atomic mass is 35.5. The second-order valence-corrected chi connectivity index (χ2v) is 4.71. The molecule has 0 aliphatic heterocycles. The van der Waals surface area contributed by atoms with Crippen LogP contribution in [0.4, 0.5) is 13.2 Å².